The van der Waals surface area contributed by atoms with Crippen LogP contribution in [0.2, 0.25) is 0 Å². The molecule has 16 heavy (non-hydrogen) atoms. The lowest BCUT2D eigenvalue weighted by Gasteiger charge is -2.16. The molecule has 0 saturated heterocycles. The van der Waals surface area contributed by atoms with Gasteiger partial charge in [0.2, 0.25) is 0 Å². The quantitative estimate of drug-likeness (QED) is 0.853. The minimum atomic E-state index is -0.848. The molecule has 1 N–H and O–H groups in total. The van der Waals surface area contributed by atoms with E-state index in [0.717, 1.165) is 6.07 Å². The molecule has 0 unspecified atom stereocenters. The third-order valence-electron chi connectivity index (χ3n) is 2.22. The van der Waals surface area contributed by atoms with Gasteiger partial charge in [0.15, 0.2) is 11.6 Å². The van der Waals surface area contributed by atoms with Gasteiger partial charge >= 0.3 is 0 Å². The highest BCUT2D eigenvalue weighted by molar-refractivity contribution is 5.18. The Morgan fingerprint density at radius 1 is 1.38 bits per heavy atom. The lowest BCUT2D eigenvalue weighted by atomic mass is 9.96. The zero-order valence-corrected chi connectivity index (χ0v) is 9.35. The molecule has 0 heterocycles. The molecule has 1 aromatic carbocycles. The molecule has 1 aromatic rings. The Labute approximate surface area is 93.9 Å². The number of hydrogen-bond donors (Lipinski definition) is 1. The molecule has 0 fully saturated rings. The second-order valence-electron chi connectivity index (χ2n) is 4.31. The maximum Gasteiger partial charge on any atom is 0.163 e. The van der Waals surface area contributed by atoms with Crippen LogP contribution in [0.5, 0.6) is 0 Å². The van der Waals surface area contributed by atoms with Crippen molar-refractivity contribution in [1.82, 2.24) is 5.32 Å². The lowest BCUT2D eigenvalue weighted by Crippen LogP contribution is -2.28. The first-order valence-corrected chi connectivity index (χ1v) is 5.01. The van der Waals surface area contributed by atoms with Gasteiger partial charge in [-0.05, 0) is 19.9 Å². The topological polar surface area (TPSA) is 35.8 Å². The zero-order chi connectivity index (χ0) is 12.2. The van der Waals surface area contributed by atoms with Gasteiger partial charge in [-0.2, -0.15) is 5.26 Å². The van der Waals surface area contributed by atoms with E-state index in [4.69, 9.17) is 5.26 Å². The molecule has 0 radical (unpaired) electrons. The summed E-state index contributed by atoms with van der Waals surface area (Å²) in [7, 11) is 0. The number of rotatable bonds is 4. The molecular weight excluding hydrogens is 210 g/mol. The summed E-state index contributed by atoms with van der Waals surface area (Å²) in [6, 6.07) is 6.19. The third-order valence-corrected chi connectivity index (χ3v) is 2.22. The average Bonchev–Trinajstić information content (AvgIpc) is 2.24. The van der Waals surface area contributed by atoms with Crippen molar-refractivity contribution < 1.29 is 8.78 Å². The summed E-state index contributed by atoms with van der Waals surface area (Å²) < 4.78 is 26.1. The van der Waals surface area contributed by atoms with Gasteiger partial charge in [-0.15, -0.1) is 0 Å². The molecule has 0 saturated carbocycles. The van der Waals surface area contributed by atoms with E-state index in [1.807, 2.05) is 0 Å². The fraction of sp³-hybridized carbons (Fsp3) is 0.417. The van der Waals surface area contributed by atoms with Gasteiger partial charge in [-0.25, -0.2) is 8.78 Å². The van der Waals surface area contributed by atoms with Gasteiger partial charge in [0.05, 0.1) is 11.5 Å². The average molecular weight is 224 g/mol. The molecule has 0 aliphatic heterocycles. The van der Waals surface area contributed by atoms with E-state index in [2.05, 4.69) is 11.4 Å². The fourth-order valence-electron chi connectivity index (χ4n) is 1.23. The first-order chi connectivity index (χ1) is 7.46. The maximum absolute atomic E-state index is 13.2. The molecule has 0 aromatic heterocycles. The Hall–Kier alpha value is -1.47. The Bertz CT molecular complexity index is 408. The van der Waals surface area contributed by atoms with Crippen molar-refractivity contribution in [2.24, 2.45) is 5.41 Å². The number of halogens is 2. The van der Waals surface area contributed by atoms with Crippen LogP contribution in [0, 0.1) is 28.4 Å². The van der Waals surface area contributed by atoms with Crippen molar-refractivity contribution in [3.63, 3.8) is 0 Å². The molecule has 2 nitrogen and oxygen atoms in total. The first-order valence-electron chi connectivity index (χ1n) is 5.01. The molecule has 0 amide bonds. The summed E-state index contributed by atoms with van der Waals surface area (Å²) in [4.78, 5) is 0. The second-order valence-corrected chi connectivity index (χ2v) is 4.31. The van der Waals surface area contributed by atoms with Gasteiger partial charge in [0, 0.05) is 18.7 Å². The monoisotopic (exact) mass is 224 g/mol. The van der Waals surface area contributed by atoms with Crippen molar-refractivity contribution in [3.8, 4) is 6.07 Å². The van der Waals surface area contributed by atoms with E-state index in [9.17, 15) is 8.78 Å². The molecular formula is C12H14F2N2. The van der Waals surface area contributed by atoms with Gasteiger partial charge in [-0.3, -0.25) is 0 Å². The van der Waals surface area contributed by atoms with Crippen molar-refractivity contribution in [2.75, 3.05) is 6.54 Å². The molecule has 86 valence electrons. The van der Waals surface area contributed by atoms with E-state index in [1.165, 1.54) is 12.1 Å². The standard InChI is InChI=1S/C12H14F2N2/c1-12(2,7-15)8-16-6-9-4-3-5-10(13)11(9)14/h3-5,16H,6,8H2,1-2H3. The minimum Gasteiger partial charge on any atom is -0.311 e. The lowest BCUT2D eigenvalue weighted by molar-refractivity contribution is 0.436. The van der Waals surface area contributed by atoms with E-state index in [0.29, 0.717) is 6.54 Å². The summed E-state index contributed by atoms with van der Waals surface area (Å²) in [5, 5.41) is 11.7. The van der Waals surface area contributed by atoms with Crippen molar-refractivity contribution in [1.29, 1.82) is 5.26 Å². The van der Waals surface area contributed by atoms with E-state index in [1.54, 1.807) is 13.8 Å². The number of nitrogens with zero attached hydrogens (tertiary/aromatic N) is 1. The second kappa shape index (κ2) is 5.04. The largest absolute Gasteiger partial charge is 0.311 e. The highest BCUT2D eigenvalue weighted by atomic mass is 19.2. The number of benzene rings is 1. The maximum atomic E-state index is 13.2. The first kappa shape index (κ1) is 12.6. The molecule has 0 atom stereocenters. The number of nitrogens with one attached hydrogen (secondary N) is 1. The normalized spacial score (nSPS) is 11.2. The highest BCUT2D eigenvalue weighted by Gasteiger charge is 2.16. The van der Waals surface area contributed by atoms with E-state index in [-0.39, 0.29) is 12.1 Å². The van der Waals surface area contributed by atoms with Crippen LogP contribution in [-0.2, 0) is 6.54 Å². The Balaban J connectivity index is 2.57. The van der Waals surface area contributed by atoms with E-state index >= 15 is 0 Å². The smallest absolute Gasteiger partial charge is 0.163 e. The van der Waals surface area contributed by atoms with Crippen molar-refractivity contribution in [3.05, 3.63) is 35.4 Å². The van der Waals surface area contributed by atoms with Crippen molar-refractivity contribution >= 4 is 0 Å². The predicted octanol–water partition coefficient (Wildman–Crippen LogP) is 2.60. The van der Waals surface area contributed by atoms with Gasteiger partial charge in [0.1, 0.15) is 0 Å². The van der Waals surface area contributed by atoms with Crippen molar-refractivity contribution in [2.45, 2.75) is 20.4 Å². The zero-order valence-electron chi connectivity index (χ0n) is 9.35. The summed E-state index contributed by atoms with van der Waals surface area (Å²) >= 11 is 0. The van der Waals surface area contributed by atoms with Crippen LogP contribution in [0.25, 0.3) is 0 Å². The van der Waals surface area contributed by atoms with Gasteiger partial charge in [0.25, 0.3) is 0 Å². The van der Waals surface area contributed by atoms with Crippen LogP contribution in [0.1, 0.15) is 19.4 Å². The predicted molar refractivity (Wildman–Crippen MR) is 57.5 cm³/mol. The van der Waals surface area contributed by atoms with Crippen LogP contribution in [0.3, 0.4) is 0 Å². The van der Waals surface area contributed by atoms with Crippen LogP contribution >= 0.6 is 0 Å². The number of nitriles is 1. The Morgan fingerprint density at radius 2 is 2.06 bits per heavy atom. The molecule has 0 bridgehead atoms. The molecule has 4 heteroatoms. The Kier molecular flexibility index (Phi) is 3.97. The number of hydrogen-bond acceptors (Lipinski definition) is 2. The van der Waals surface area contributed by atoms with Crippen LogP contribution < -0.4 is 5.32 Å². The molecule has 0 aliphatic carbocycles. The summed E-state index contributed by atoms with van der Waals surface area (Å²) in [6.07, 6.45) is 0. The minimum absolute atomic E-state index is 0.217. The van der Waals surface area contributed by atoms with Crippen LogP contribution in [-0.4, -0.2) is 6.54 Å². The van der Waals surface area contributed by atoms with Crippen LogP contribution in [0.15, 0.2) is 18.2 Å². The van der Waals surface area contributed by atoms with E-state index < -0.39 is 17.0 Å². The highest BCUT2D eigenvalue weighted by Crippen LogP contribution is 2.13. The summed E-state index contributed by atoms with van der Waals surface area (Å²) in [5.41, 5.74) is -0.238. The van der Waals surface area contributed by atoms with Crippen LogP contribution in [0.4, 0.5) is 8.78 Å². The van der Waals surface area contributed by atoms with Gasteiger partial charge in [-0.1, -0.05) is 12.1 Å². The molecule has 0 aliphatic rings. The fourth-order valence-corrected chi connectivity index (χ4v) is 1.23. The molecule has 1 rings (SSSR count). The Morgan fingerprint density at radius 3 is 2.69 bits per heavy atom. The summed E-state index contributed by atoms with van der Waals surface area (Å²) in [6.45, 7) is 4.21. The SMILES string of the molecule is CC(C)(C#N)CNCc1cccc(F)c1F. The van der Waals surface area contributed by atoms with Gasteiger partial charge < -0.3 is 5.32 Å². The third kappa shape index (κ3) is 3.28. The summed E-state index contributed by atoms with van der Waals surface area (Å²) in [5.74, 6) is -1.68. The molecule has 0 spiro atoms.